The second-order valence-electron chi connectivity index (χ2n) is 4.64. The molecule has 0 aromatic heterocycles. The molecular weight excluding hydrogens is 240 g/mol. The van der Waals surface area contributed by atoms with Gasteiger partial charge in [-0.2, -0.15) is 0 Å². The standard InChI is InChI=1S/C16H22O3/c1-3-18-13(2)16-7-5-4-6-14(16)12-19-15-8-10-17-11-9-15/h4-7,15H,2-3,8-12H2,1H3. The van der Waals surface area contributed by atoms with Crippen LogP contribution in [0.15, 0.2) is 30.8 Å². The van der Waals surface area contributed by atoms with Crippen molar-refractivity contribution in [3.63, 3.8) is 0 Å². The van der Waals surface area contributed by atoms with Gasteiger partial charge in [-0.15, -0.1) is 0 Å². The SMILES string of the molecule is C=C(OCC)c1ccccc1COC1CCOCC1. The Morgan fingerprint density at radius 3 is 2.79 bits per heavy atom. The molecule has 3 heteroatoms. The molecule has 0 radical (unpaired) electrons. The van der Waals surface area contributed by atoms with Crippen molar-refractivity contribution in [3.8, 4) is 0 Å². The van der Waals surface area contributed by atoms with E-state index in [1.54, 1.807) is 0 Å². The van der Waals surface area contributed by atoms with Crippen LogP contribution in [0.2, 0.25) is 0 Å². The van der Waals surface area contributed by atoms with Crippen LogP contribution in [0.4, 0.5) is 0 Å². The van der Waals surface area contributed by atoms with E-state index in [0.717, 1.165) is 37.2 Å². The van der Waals surface area contributed by atoms with Crippen LogP contribution in [0.1, 0.15) is 30.9 Å². The highest BCUT2D eigenvalue weighted by Gasteiger charge is 2.15. The third kappa shape index (κ3) is 4.08. The average molecular weight is 262 g/mol. The number of hydrogen-bond donors (Lipinski definition) is 0. The molecule has 1 aromatic carbocycles. The van der Waals surface area contributed by atoms with E-state index >= 15 is 0 Å². The van der Waals surface area contributed by atoms with Crippen LogP contribution >= 0.6 is 0 Å². The minimum atomic E-state index is 0.308. The maximum absolute atomic E-state index is 5.96. The largest absolute Gasteiger partial charge is 0.494 e. The third-order valence-electron chi connectivity index (χ3n) is 3.28. The summed E-state index contributed by atoms with van der Waals surface area (Å²) in [6.07, 6.45) is 2.27. The molecule has 1 heterocycles. The predicted octanol–water partition coefficient (Wildman–Crippen LogP) is 3.39. The number of rotatable bonds is 6. The molecule has 0 aliphatic carbocycles. The van der Waals surface area contributed by atoms with Crippen molar-refractivity contribution in [1.82, 2.24) is 0 Å². The van der Waals surface area contributed by atoms with Gasteiger partial charge in [0.1, 0.15) is 5.76 Å². The molecule has 104 valence electrons. The summed E-state index contributed by atoms with van der Waals surface area (Å²) in [6, 6.07) is 8.11. The smallest absolute Gasteiger partial charge is 0.119 e. The van der Waals surface area contributed by atoms with Crippen LogP contribution < -0.4 is 0 Å². The summed E-state index contributed by atoms with van der Waals surface area (Å²) in [4.78, 5) is 0. The zero-order chi connectivity index (χ0) is 13.5. The van der Waals surface area contributed by atoms with Crippen molar-refractivity contribution in [1.29, 1.82) is 0 Å². The molecular formula is C16H22O3. The molecule has 1 aromatic rings. The van der Waals surface area contributed by atoms with E-state index in [0.29, 0.717) is 25.1 Å². The molecule has 0 amide bonds. The average Bonchev–Trinajstić information content (AvgIpc) is 2.47. The van der Waals surface area contributed by atoms with E-state index in [2.05, 4.69) is 12.6 Å². The van der Waals surface area contributed by atoms with Gasteiger partial charge in [-0.25, -0.2) is 0 Å². The van der Waals surface area contributed by atoms with Gasteiger partial charge < -0.3 is 14.2 Å². The molecule has 1 aliphatic heterocycles. The van der Waals surface area contributed by atoms with Gasteiger partial charge in [-0.1, -0.05) is 30.8 Å². The van der Waals surface area contributed by atoms with E-state index < -0.39 is 0 Å². The molecule has 1 saturated heterocycles. The summed E-state index contributed by atoms with van der Waals surface area (Å²) in [5.41, 5.74) is 2.17. The van der Waals surface area contributed by atoms with Crippen molar-refractivity contribution in [2.75, 3.05) is 19.8 Å². The van der Waals surface area contributed by atoms with E-state index in [4.69, 9.17) is 14.2 Å². The summed E-state index contributed by atoms with van der Waals surface area (Å²) in [5.74, 6) is 0.716. The van der Waals surface area contributed by atoms with Crippen LogP contribution in [-0.2, 0) is 20.8 Å². The van der Waals surface area contributed by atoms with Gasteiger partial charge in [0.2, 0.25) is 0 Å². The van der Waals surface area contributed by atoms with Crippen molar-refractivity contribution in [3.05, 3.63) is 42.0 Å². The Hall–Kier alpha value is -1.32. The van der Waals surface area contributed by atoms with E-state index in [1.807, 2.05) is 25.1 Å². The fourth-order valence-electron chi connectivity index (χ4n) is 2.22. The lowest BCUT2D eigenvalue weighted by Gasteiger charge is -2.23. The van der Waals surface area contributed by atoms with Crippen LogP contribution in [0.5, 0.6) is 0 Å². The van der Waals surface area contributed by atoms with E-state index in [1.165, 1.54) is 0 Å². The molecule has 0 bridgehead atoms. The maximum Gasteiger partial charge on any atom is 0.119 e. The van der Waals surface area contributed by atoms with Gasteiger partial charge in [0.25, 0.3) is 0 Å². The third-order valence-corrected chi connectivity index (χ3v) is 3.28. The second kappa shape index (κ2) is 7.31. The van der Waals surface area contributed by atoms with Gasteiger partial charge in [-0.3, -0.25) is 0 Å². The first-order chi connectivity index (χ1) is 9.31. The topological polar surface area (TPSA) is 27.7 Å². The summed E-state index contributed by atoms with van der Waals surface area (Å²) in [7, 11) is 0. The molecule has 1 fully saturated rings. The molecule has 0 N–H and O–H groups in total. The monoisotopic (exact) mass is 262 g/mol. The molecule has 0 spiro atoms. The van der Waals surface area contributed by atoms with Crippen molar-refractivity contribution in [2.45, 2.75) is 32.5 Å². The van der Waals surface area contributed by atoms with E-state index in [-0.39, 0.29) is 0 Å². The summed E-state index contributed by atoms with van der Waals surface area (Å²) < 4.78 is 16.8. The predicted molar refractivity (Wildman–Crippen MR) is 75.7 cm³/mol. The quantitative estimate of drug-likeness (QED) is 0.735. The lowest BCUT2D eigenvalue weighted by Crippen LogP contribution is -2.23. The number of ether oxygens (including phenoxy) is 3. The highest BCUT2D eigenvalue weighted by Crippen LogP contribution is 2.21. The zero-order valence-corrected chi connectivity index (χ0v) is 11.6. The van der Waals surface area contributed by atoms with Gasteiger partial charge in [0, 0.05) is 18.8 Å². The molecule has 3 nitrogen and oxygen atoms in total. The first-order valence-electron chi connectivity index (χ1n) is 6.90. The Morgan fingerprint density at radius 2 is 2.05 bits per heavy atom. The first kappa shape index (κ1) is 14.1. The number of benzene rings is 1. The van der Waals surface area contributed by atoms with Crippen LogP contribution in [-0.4, -0.2) is 25.9 Å². The summed E-state index contributed by atoms with van der Waals surface area (Å²) in [6.45, 7) is 8.78. The minimum Gasteiger partial charge on any atom is -0.494 e. The number of hydrogen-bond acceptors (Lipinski definition) is 3. The fraction of sp³-hybridized carbons (Fsp3) is 0.500. The Kier molecular flexibility index (Phi) is 5.43. The Bertz CT molecular complexity index is 408. The maximum atomic E-state index is 5.96. The van der Waals surface area contributed by atoms with E-state index in [9.17, 15) is 0 Å². The normalized spacial score (nSPS) is 16.3. The van der Waals surface area contributed by atoms with Crippen molar-refractivity contribution >= 4 is 5.76 Å². The van der Waals surface area contributed by atoms with Crippen LogP contribution in [0, 0.1) is 0 Å². The van der Waals surface area contributed by atoms with Crippen LogP contribution in [0.3, 0.4) is 0 Å². The Morgan fingerprint density at radius 1 is 1.32 bits per heavy atom. The van der Waals surface area contributed by atoms with Gasteiger partial charge >= 0.3 is 0 Å². The van der Waals surface area contributed by atoms with Gasteiger partial charge in [0.15, 0.2) is 0 Å². The van der Waals surface area contributed by atoms with Crippen molar-refractivity contribution in [2.24, 2.45) is 0 Å². The Balaban J connectivity index is 1.97. The molecule has 0 atom stereocenters. The molecule has 2 rings (SSSR count). The highest BCUT2D eigenvalue weighted by atomic mass is 16.5. The van der Waals surface area contributed by atoms with Crippen LogP contribution in [0.25, 0.3) is 5.76 Å². The van der Waals surface area contributed by atoms with Gasteiger partial charge in [-0.05, 0) is 25.3 Å². The lowest BCUT2D eigenvalue weighted by atomic mass is 10.1. The summed E-state index contributed by atoms with van der Waals surface area (Å²) >= 11 is 0. The Labute approximate surface area is 115 Å². The molecule has 19 heavy (non-hydrogen) atoms. The summed E-state index contributed by atoms with van der Waals surface area (Å²) in [5, 5.41) is 0. The molecule has 1 aliphatic rings. The molecule has 0 saturated carbocycles. The zero-order valence-electron chi connectivity index (χ0n) is 11.6. The minimum absolute atomic E-state index is 0.308. The van der Waals surface area contributed by atoms with Crippen molar-refractivity contribution < 1.29 is 14.2 Å². The first-order valence-corrected chi connectivity index (χ1v) is 6.90. The second-order valence-corrected chi connectivity index (χ2v) is 4.64. The van der Waals surface area contributed by atoms with Gasteiger partial charge in [0.05, 0.1) is 19.3 Å². The fourth-order valence-corrected chi connectivity index (χ4v) is 2.22. The highest BCUT2D eigenvalue weighted by molar-refractivity contribution is 5.60. The lowest BCUT2D eigenvalue weighted by molar-refractivity contribution is -0.0391. The molecule has 0 unspecified atom stereocenters.